The summed E-state index contributed by atoms with van der Waals surface area (Å²) < 4.78 is 0. The van der Waals surface area contributed by atoms with Crippen molar-refractivity contribution >= 4 is 0 Å². The molecule has 88 valence electrons. The van der Waals surface area contributed by atoms with Crippen LogP contribution in [0.15, 0.2) is 30.3 Å². The summed E-state index contributed by atoms with van der Waals surface area (Å²) in [6.45, 7) is 0. The zero-order valence-electron chi connectivity index (χ0n) is 10.1. The predicted molar refractivity (Wildman–Crippen MR) is 69.3 cm³/mol. The maximum absolute atomic E-state index is 6.24. The van der Waals surface area contributed by atoms with Crippen LogP contribution in [0.4, 0.5) is 0 Å². The van der Waals surface area contributed by atoms with Crippen molar-refractivity contribution in [2.45, 2.75) is 51.0 Å². The molecule has 0 spiro atoms. The lowest BCUT2D eigenvalue weighted by Gasteiger charge is -2.24. The highest BCUT2D eigenvalue weighted by Crippen LogP contribution is 2.27. The molecule has 0 amide bonds. The summed E-state index contributed by atoms with van der Waals surface area (Å²) >= 11 is 0. The van der Waals surface area contributed by atoms with E-state index in [4.69, 9.17) is 5.73 Å². The van der Waals surface area contributed by atoms with Gasteiger partial charge in [0, 0.05) is 6.04 Å². The van der Waals surface area contributed by atoms with Crippen molar-refractivity contribution in [3.05, 3.63) is 35.9 Å². The smallest absolute Gasteiger partial charge is 0.00819 e. The molecule has 2 rings (SSSR count). The summed E-state index contributed by atoms with van der Waals surface area (Å²) in [5, 5.41) is 0. The van der Waals surface area contributed by atoms with Crippen LogP contribution < -0.4 is 5.73 Å². The van der Waals surface area contributed by atoms with Gasteiger partial charge in [-0.2, -0.15) is 0 Å². The molecular formula is C15H23N. The maximum Gasteiger partial charge on any atom is 0.00819 e. The second-order valence-electron chi connectivity index (χ2n) is 5.19. The highest BCUT2D eigenvalue weighted by molar-refractivity contribution is 5.15. The van der Waals surface area contributed by atoms with E-state index in [9.17, 15) is 0 Å². The molecule has 0 saturated heterocycles. The van der Waals surface area contributed by atoms with Crippen LogP contribution in [0.5, 0.6) is 0 Å². The van der Waals surface area contributed by atoms with Crippen molar-refractivity contribution in [1.82, 2.24) is 0 Å². The van der Waals surface area contributed by atoms with E-state index in [0.717, 1.165) is 12.3 Å². The first kappa shape index (κ1) is 11.7. The summed E-state index contributed by atoms with van der Waals surface area (Å²) in [4.78, 5) is 0. The Kier molecular flexibility index (Phi) is 4.41. The lowest BCUT2D eigenvalue weighted by molar-refractivity contribution is 0.317. The van der Waals surface area contributed by atoms with Gasteiger partial charge in [-0.3, -0.25) is 0 Å². The van der Waals surface area contributed by atoms with Crippen molar-refractivity contribution in [1.29, 1.82) is 0 Å². The van der Waals surface area contributed by atoms with E-state index in [1.54, 1.807) is 0 Å². The minimum Gasteiger partial charge on any atom is -0.327 e. The van der Waals surface area contributed by atoms with E-state index in [1.165, 1.54) is 44.1 Å². The molecule has 1 saturated carbocycles. The zero-order valence-corrected chi connectivity index (χ0v) is 10.1. The van der Waals surface area contributed by atoms with Gasteiger partial charge in [0.05, 0.1) is 0 Å². The lowest BCUT2D eigenvalue weighted by Crippen LogP contribution is -2.27. The van der Waals surface area contributed by atoms with E-state index in [-0.39, 0.29) is 0 Å². The molecule has 16 heavy (non-hydrogen) atoms. The van der Waals surface area contributed by atoms with Gasteiger partial charge in [-0.1, -0.05) is 62.4 Å². The Morgan fingerprint density at radius 1 is 1.06 bits per heavy atom. The average molecular weight is 217 g/mol. The molecule has 0 aromatic heterocycles. The molecule has 1 heteroatoms. The summed E-state index contributed by atoms with van der Waals surface area (Å²) in [5.74, 6) is 0.896. The van der Waals surface area contributed by atoms with Crippen LogP contribution in [0, 0.1) is 5.92 Å². The van der Waals surface area contributed by atoms with Gasteiger partial charge in [-0.05, 0) is 24.3 Å². The minimum absolute atomic E-state index is 0.352. The second kappa shape index (κ2) is 6.05. The SMILES string of the molecule is N[C@@H](Cc1ccccc1)CC1CCCCC1. The number of hydrogen-bond donors (Lipinski definition) is 1. The third-order valence-electron chi connectivity index (χ3n) is 3.70. The molecule has 0 unspecified atom stereocenters. The molecule has 0 bridgehead atoms. The third kappa shape index (κ3) is 3.64. The Bertz CT molecular complexity index is 288. The minimum atomic E-state index is 0.352. The molecule has 0 radical (unpaired) electrons. The Balaban J connectivity index is 1.77. The quantitative estimate of drug-likeness (QED) is 0.820. The molecule has 0 aliphatic heterocycles. The standard InChI is InChI=1S/C15H23N/c16-15(11-13-7-3-1-4-8-13)12-14-9-5-2-6-10-14/h1,3-4,7-8,14-15H,2,5-6,9-12,16H2/t15-/m0/s1. The van der Waals surface area contributed by atoms with Crippen molar-refractivity contribution < 1.29 is 0 Å². The van der Waals surface area contributed by atoms with Gasteiger partial charge in [-0.15, -0.1) is 0 Å². The molecule has 1 aromatic carbocycles. The fraction of sp³-hybridized carbons (Fsp3) is 0.600. The summed E-state index contributed by atoms with van der Waals surface area (Å²) in [5.41, 5.74) is 7.62. The van der Waals surface area contributed by atoms with Gasteiger partial charge in [-0.25, -0.2) is 0 Å². The van der Waals surface area contributed by atoms with Crippen LogP contribution in [-0.2, 0) is 6.42 Å². The Hall–Kier alpha value is -0.820. The topological polar surface area (TPSA) is 26.0 Å². The van der Waals surface area contributed by atoms with E-state index in [1.807, 2.05) is 0 Å². The van der Waals surface area contributed by atoms with Crippen molar-refractivity contribution in [2.24, 2.45) is 11.7 Å². The molecule has 1 aliphatic rings. The highest BCUT2D eigenvalue weighted by atomic mass is 14.6. The molecule has 1 aromatic rings. The van der Waals surface area contributed by atoms with Crippen LogP contribution in [0.2, 0.25) is 0 Å². The van der Waals surface area contributed by atoms with E-state index in [0.29, 0.717) is 6.04 Å². The van der Waals surface area contributed by atoms with Crippen molar-refractivity contribution in [2.75, 3.05) is 0 Å². The van der Waals surface area contributed by atoms with Crippen LogP contribution >= 0.6 is 0 Å². The Morgan fingerprint density at radius 2 is 1.75 bits per heavy atom. The van der Waals surface area contributed by atoms with Crippen molar-refractivity contribution in [3.8, 4) is 0 Å². The maximum atomic E-state index is 6.24. The Labute approximate surface area is 99.0 Å². The van der Waals surface area contributed by atoms with Gasteiger partial charge >= 0.3 is 0 Å². The fourth-order valence-electron chi connectivity index (χ4n) is 2.85. The van der Waals surface area contributed by atoms with E-state index >= 15 is 0 Å². The van der Waals surface area contributed by atoms with Gasteiger partial charge in [0.1, 0.15) is 0 Å². The predicted octanol–water partition coefficient (Wildman–Crippen LogP) is 3.53. The normalized spacial score (nSPS) is 19.6. The monoisotopic (exact) mass is 217 g/mol. The van der Waals surface area contributed by atoms with Crippen molar-refractivity contribution in [3.63, 3.8) is 0 Å². The molecule has 0 heterocycles. The fourth-order valence-corrected chi connectivity index (χ4v) is 2.85. The average Bonchev–Trinajstić information content (AvgIpc) is 2.31. The van der Waals surface area contributed by atoms with Crippen LogP contribution in [0.25, 0.3) is 0 Å². The molecule has 2 N–H and O–H groups in total. The molecular weight excluding hydrogens is 194 g/mol. The van der Waals surface area contributed by atoms with Gasteiger partial charge < -0.3 is 5.73 Å². The summed E-state index contributed by atoms with van der Waals surface area (Å²) in [6.07, 6.45) is 9.34. The van der Waals surface area contributed by atoms with Gasteiger partial charge in [0.2, 0.25) is 0 Å². The third-order valence-corrected chi connectivity index (χ3v) is 3.70. The van der Waals surface area contributed by atoms with Crippen LogP contribution in [-0.4, -0.2) is 6.04 Å². The molecule has 1 atom stereocenters. The second-order valence-corrected chi connectivity index (χ2v) is 5.19. The summed E-state index contributed by atoms with van der Waals surface area (Å²) in [6, 6.07) is 11.0. The molecule has 1 nitrogen and oxygen atoms in total. The first-order valence-electron chi connectivity index (χ1n) is 6.64. The van der Waals surface area contributed by atoms with Crippen LogP contribution in [0.3, 0.4) is 0 Å². The number of rotatable bonds is 4. The highest BCUT2D eigenvalue weighted by Gasteiger charge is 2.16. The van der Waals surface area contributed by atoms with Crippen LogP contribution in [0.1, 0.15) is 44.1 Å². The van der Waals surface area contributed by atoms with Gasteiger partial charge in [0.25, 0.3) is 0 Å². The number of nitrogens with two attached hydrogens (primary N) is 1. The number of hydrogen-bond acceptors (Lipinski definition) is 1. The number of benzene rings is 1. The first-order valence-corrected chi connectivity index (χ1v) is 6.64. The summed E-state index contributed by atoms with van der Waals surface area (Å²) in [7, 11) is 0. The molecule has 1 fully saturated rings. The largest absolute Gasteiger partial charge is 0.327 e. The van der Waals surface area contributed by atoms with E-state index in [2.05, 4.69) is 30.3 Å². The van der Waals surface area contributed by atoms with E-state index < -0.39 is 0 Å². The lowest BCUT2D eigenvalue weighted by atomic mass is 9.84. The Morgan fingerprint density at radius 3 is 2.44 bits per heavy atom. The first-order chi connectivity index (χ1) is 7.84. The molecule has 1 aliphatic carbocycles. The zero-order chi connectivity index (χ0) is 11.2. The van der Waals surface area contributed by atoms with Gasteiger partial charge in [0.15, 0.2) is 0 Å².